The maximum Gasteiger partial charge on any atom is 0.127 e. The lowest BCUT2D eigenvalue weighted by atomic mass is 9.98. The molecule has 2 atom stereocenters. The number of aliphatic hydroxyl groups excluding tert-OH is 2. The molecule has 0 spiro atoms. The number of likely N-dealkylation sites (N-methyl/N-ethyl adjacent to an activating group) is 1. The summed E-state index contributed by atoms with van der Waals surface area (Å²) >= 11 is 0. The Kier molecular flexibility index (Phi) is 7.57. The Morgan fingerprint density at radius 1 is 1.33 bits per heavy atom. The number of aliphatic imine (C=N–C) groups is 1. The van der Waals surface area contributed by atoms with Crippen LogP contribution in [0.1, 0.15) is 43.3 Å². The second-order valence-corrected chi connectivity index (χ2v) is 7.84. The fraction of sp³-hybridized carbons (Fsp3) is 0.222. The third-order valence-electron chi connectivity index (χ3n) is 5.44. The summed E-state index contributed by atoms with van der Waals surface area (Å²) in [5.41, 5.74) is 2.09. The third-order valence-corrected chi connectivity index (χ3v) is 5.44. The van der Waals surface area contributed by atoms with Crippen LogP contribution in [0.4, 0.5) is 10.1 Å². The van der Waals surface area contributed by atoms with Crippen molar-refractivity contribution in [3.63, 3.8) is 0 Å². The van der Waals surface area contributed by atoms with Crippen molar-refractivity contribution in [3.8, 4) is 12.0 Å². The van der Waals surface area contributed by atoms with E-state index in [1.54, 1.807) is 30.4 Å². The number of allylic oxidation sites excluding steroid dienone is 4. The Morgan fingerprint density at radius 3 is 2.79 bits per heavy atom. The smallest absolute Gasteiger partial charge is 0.127 e. The molecule has 170 valence electrons. The van der Waals surface area contributed by atoms with E-state index in [-0.39, 0.29) is 17.5 Å². The minimum atomic E-state index is -0.449. The summed E-state index contributed by atoms with van der Waals surface area (Å²) in [6, 6.07) is 10.4. The molecule has 6 heteroatoms. The van der Waals surface area contributed by atoms with Crippen molar-refractivity contribution in [2.45, 2.75) is 32.2 Å². The van der Waals surface area contributed by atoms with Crippen molar-refractivity contribution >= 4 is 23.4 Å². The van der Waals surface area contributed by atoms with Crippen molar-refractivity contribution in [2.24, 2.45) is 4.99 Å². The van der Waals surface area contributed by atoms with E-state index in [0.717, 1.165) is 11.3 Å². The van der Waals surface area contributed by atoms with Crippen LogP contribution in [-0.2, 0) is 0 Å². The zero-order valence-corrected chi connectivity index (χ0v) is 18.9. The largest absolute Gasteiger partial charge is 0.508 e. The molecule has 0 amide bonds. The molecule has 1 aliphatic rings. The van der Waals surface area contributed by atoms with Crippen LogP contribution >= 0.6 is 0 Å². The van der Waals surface area contributed by atoms with Crippen LogP contribution < -0.4 is 0 Å². The normalized spacial score (nSPS) is 17.1. The van der Waals surface area contributed by atoms with E-state index >= 15 is 0 Å². The van der Waals surface area contributed by atoms with E-state index in [2.05, 4.69) is 17.5 Å². The van der Waals surface area contributed by atoms with E-state index in [9.17, 15) is 14.6 Å². The fourth-order valence-corrected chi connectivity index (χ4v) is 3.54. The number of hydrogen-bond donors (Lipinski definition) is 2. The molecule has 0 radical (unpaired) electrons. The first-order valence-corrected chi connectivity index (χ1v) is 10.5. The maximum absolute atomic E-state index is 13.2. The Labute approximate surface area is 193 Å². The van der Waals surface area contributed by atoms with Gasteiger partial charge in [0.15, 0.2) is 0 Å². The van der Waals surface area contributed by atoms with Gasteiger partial charge < -0.3 is 19.5 Å². The van der Waals surface area contributed by atoms with Crippen molar-refractivity contribution < 1.29 is 19.0 Å². The fourth-order valence-electron chi connectivity index (χ4n) is 3.54. The van der Waals surface area contributed by atoms with Gasteiger partial charge in [-0.2, -0.15) is 0 Å². The lowest BCUT2D eigenvalue weighted by molar-refractivity contribution is 0.464. The van der Waals surface area contributed by atoms with Gasteiger partial charge in [0.1, 0.15) is 41.1 Å². The number of hydrogen-bond acceptors (Lipinski definition) is 4. The van der Waals surface area contributed by atoms with E-state index in [0.29, 0.717) is 29.3 Å². The monoisotopic (exact) mass is 446 g/mol. The first kappa shape index (κ1) is 23.7. The third kappa shape index (κ3) is 6.05. The van der Waals surface area contributed by atoms with Gasteiger partial charge in [0, 0.05) is 18.5 Å². The van der Waals surface area contributed by atoms with Crippen molar-refractivity contribution in [1.82, 2.24) is 4.90 Å². The van der Waals surface area contributed by atoms with Gasteiger partial charge in [0.2, 0.25) is 0 Å². The lowest BCUT2D eigenvalue weighted by Gasteiger charge is -2.26. The van der Waals surface area contributed by atoms with Gasteiger partial charge in [-0.05, 0) is 74.3 Å². The Morgan fingerprint density at radius 2 is 2.12 bits per heavy atom. The van der Waals surface area contributed by atoms with Gasteiger partial charge in [0.25, 0.3) is 0 Å². The van der Waals surface area contributed by atoms with Crippen LogP contribution in [0.25, 0.3) is 11.8 Å². The molecular weight excluding hydrogens is 419 g/mol. The summed E-state index contributed by atoms with van der Waals surface area (Å²) in [6.45, 7) is 7.28. The quantitative estimate of drug-likeness (QED) is 0.230. The highest BCUT2D eigenvalue weighted by molar-refractivity contribution is 5.84. The predicted octanol–water partition coefficient (Wildman–Crippen LogP) is 6.49. The molecule has 1 aromatic heterocycles. The molecule has 2 unspecified atom stereocenters. The topological polar surface area (TPSA) is 69.2 Å². The zero-order chi connectivity index (χ0) is 24.0. The highest BCUT2D eigenvalue weighted by atomic mass is 19.1. The number of nitrogens with zero attached hydrogens (tertiary/aromatic N) is 2. The summed E-state index contributed by atoms with van der Waals surface area (Å²) in [5.74, 6) is 4.62. The highest BCUT2D eigenvalue weighted by Crippen LogP contribution is 2.29. The summed E-state index contributed by atoms with van der Waals surface area (Å²) in [5, 5.41) is 18.9. The molecule has 0 aliphatic heterocycles. The molecular formula is C27H27FN2O3. The molecule has 2 N–H and O–H groups in total. The zero-order valence-electron chi connectivity index (χ0n) is 18.9. The number of aliphatic hydroxyl groups is 2. The minimum Gasteiger partial charge on any atom is -0.508 e. The number of halogens is 1. The van der Waals surface area contributed by atoms with Gasteiger partial charge in [-0.15, -0.1) is 0 Å². The van der Waals surface area contributed by atoms with Crippen LogP contribution in [0.5, 0.6) is 0 Å². The summed E-state index contributed by atoms with van der Waals surface area (Å²) in [4.78, 5) is 6.46. The van der Waals surface area contributed by atoms with Gasteiger partial charge >= 0.3 is 0 Å². The first-order valence-electron chi connectivity index (χ1n) is 10.5. The Hall–Kier alpha value is -3.98. The standard InChI is InChI=1S/C27H27FN2O3/c1-18(16-25-12-13-27(33-25)21-8-10-23(28)11-9-21)26(14-15-31)30(4)20(3)29-24-7-5-6-22(17-24)19(2)32/h5-8,10-13,16-17,21,26,31-32H,2,9H2,1,3-4H3/b18-16+,29-20?. The van der Waals surface area contributed by atoms with Crippen LogP contribution in [0.3, 0.4) is 0 Å². The average Bonchev–Trinajstić information content (AvgIpc) is 3.25. The van der Waals surface area contributed by atoms with Crippen LogP contribution in [-0.4, -0.2) is 34.0 Å². The lowest BCUT2D eigenvalue weighted by Crippen LogP contribution is -2.35. The summed E-state index contributed by atoms with van der Waals surface area (Å²) in [6.07, 6.45) is 9.22. The summed E-state index contributed by atoms with van der Waals surface area (Å²) in [7, 11) is 1.83. The van der Waals surface area contributed by atoms with Crippen molar-refractivity contribution in [2.75, 3.05) is 7.05 Å². The van der Waals surface area contributed by atoms with Gasteiger partial charge in [-0.25, -0.2) is 9.38 Å². The van der Waals surface area contributed by atoms with E-state index < -0.39 is 6.04 Å². The van der Waals surface area contributed by atoms with Crippen LogP contribution in [0.2, 0.25) is 0 Å². The first-order chi connectivity index (χ1) is 15.8. The second kappa shape index (κ2) is 10.6. The molecule has 1 aliphatic carbocycles. The Balaban J connectivity index is 1.80. The summed E-state index contributed by atoms with van der Waals surface area (Å²) < 4.78 is 19.2. The Bertz CT molecular complexity index is 1210. The molecule has 0 fully saturated rings. The van der Waals surface area contributed by atoms with Crippen LogP contribution in [0, 0.1) is 12.0 Å². The van der Waals surface area contributed by atoms with E-state index in [1.807, 2.05) is 56.2 Å². The molecule has 1 aromatic carbocycles. The molecule has 3 rings (SSSR count). The van der Waals surface area contributed by atoms with Crippen molar-refractivity contribution in [3.05, 3.63) is 89.7 Å². The molecule has 33 heavy (non-hydrogen) atoms. The number of rotatable bonds is 6. The van der Waals surface area contributed by atoms with E-state index in [4.69, 9.17) is 4.42 Å². The highest BCUT2D eigenvalue weighted by Gasteiger charge is 2.18. The predicted molar refractivity (Wildman–Crippen MR) is 130 cm³/mol. The number of furan rings is 1. The number of amidine groups is 1. The molecule has 5 nitrogen and oxygen atoms in total. The molecule has 0 saturated carbocycles. The molecule has 0 bridgehead atoms. The average molecular weight is 447 g/mol. The SMILES string of the molecule is C=C(O)c1cccc(N=C(C)N(C)C(C#CO)/C(C)=C/c2ccc(C3C=CC(F)=CC3)o2)c1. The number of benzene rings is 1. The van der Waals surface area contributed by atoms with Gasteiger partial charge in [-0.1, -0.05) is 24.8 Å². The second-order valence-electron chi connectivity index (χ2n) is 7.84. The molecule has 1 heterocycles. The molecule has 0 saturated heterocycles. The van der Waals surface area contributed by atoms with Gasteiger partial charge in [-0.3, -0.25) is 0 Å². The van der Waals surface area contributed by atoms with Gasteiger partial charge in [0.05, 0.1) is 5.69 Å². The van der Waals surface area contributed by atoms with E-state index in [1.165, 1.54) is 6.08 Å². The molecule has 2 aromatic rings. The van der Waals surface area contributed by atoms with Crippen LogP contribution in [0.15, 0.2) is 82.0 Å². The van der Waals surface area contributed by atoms with Crippen molar-refractivity contribution in [1.29, 1.82) is 0 Å². The minimum absolute atomic E-state index is 0.00260. The maximum atomic E-state index is 13.2.